The molecule has 2 aromatic rings. The highest BCUT2D eigenvalue weighted by atomic mass is 32.2. The number of hydrazone groups is 1. The highest BCUT2D eigenvalue weighted by molar-refractivity contribution is 7.99. The molecule has 6 heteroatoms. The molecule has 0 radical (unpaired) electrons. The van der Waals surface area contributed by atoms with Crippen LogP contribution in [-0.4, -0.2) is 41.4 Å². The maximum absolute atomic E-state index is 12.3. The fourth-order valence-electron chi connectivity index (χ4n) is 2.90. The van der Waals surface area contributed by atoms with Gasteiger partial charge in [-0.25, -0.2) is 5.01 Å². The molecule has 1 aliphatic heterocycles. The Kier molecular flexibility index (Phi) is 7.25. The summed E-state index contributed by atoms with van der Waals surface area (Å²) in [6.45, 7) is 3.23. The Bertz CT molecular complexity index is 835. The van der Waals surface area contributed by atoms with Gasteiger partial charge in [-0.1, -0.05) is 48.0 Å². The van der Waals surface area contributed by atoms with Crippen LogP contribution >= 0.6 is 11.8 Å². The number of carbonyl (C=O) groups is 2. The molecule has 28 heavy (non-hydrogen) atoms. The molecule has 5 nitrogen and oxygen atoms in total. The van der Waals surface area contributed by atoms with E-state index in [1.54, 1.807) is 11.8 Å². The van der Waals surface area contributed by atoms with Gasteiger partial charge in [0.05, 0.1) is 12.3 Å². The first-order chi connectivity index (χ1) is 13.6. The van der Waals surface area contributed by atoms with E-state index in [0.717, 1.165) is 23.4 Å². The van der Waals surface area contributed by atoms with Crippen LogP contribution in [0.2, 0.25) is 0 Å². The summed E-state index contributed by atoms with van der Waals surface area (Å²) < 4.78 is 0. The minimum atomic E-state index is -0.102. The van der Waals surface area contributed by atoms with Crippen LogP contribution in [0.25, 0.3) is 0 Å². The Hall–Kier alpha value is -2.60. The van der Waals surface area contributed by atoms with Crippen molar-refractivity contribution in [2.75, 3.05) is 18.8 Å². The minimum Gasteiger partial charge on any atom is -0.355 e. The first-order valence-corrected chi connectivity index (χ1v) is 10.5. The average Bonchev–Trinajstić information content (AvgIpc) is 3.22. The van der Waals surface area contributed by atoms with Crippen molar-refractivity contribution in [3.63, 3.8) is 0 Å². The number of hydrogen-bond acceptors (Lipinski definition) is 4. The van der Waals surface area contributed by atoms with Gasteiger partial charge in [0, 0.05) is 36.5 Å². The summed E-state index contributed by atoms with van der Waals surface area (Å²) in [6.07, 6.45) is 1.13. The SMILES string of the molecule is Cc1ccc(SCCNC(=O)CCC(=O)N2CCC(c3ccccc3)=N2)cc1. The lowest BCUT2D eigenvalue weighted by molar-refractivity contribution is -0.133. The molecule has 0 saturated carbocycles. The molecule has 0 unspecified atom stereocenters. The van der Waals surface area contributed by atoms with Gasteiger partial charge in [-0.3, -0.25) is 9.59 Å². The van der Waals surface area contributed by atoms with Gasteiger partial charge in [-0.05, 0) is 24.6 Å². The zero-order valence-electron chi connectivity index (χ0n) is 16.1. The smallest absolute Gasteiger partial charge is 0.243 e. The van der Waals surface area contributed by atoms with E-state index < -0.39 is 0 Å². The van der Waals surface area contributed by atoms with Gasteiger partial charge in [0.25, 0.3) is 0 Å². The van der Waals surface area contributed by atoms with Gasteiger partial charge in [0.1, 0.15) is 0 Å². The molecule has 0 bridgehead atoms. The van der Waals surface area contributed by atoms with Gasteiger partial charge in [-0.2, -0.15) is 5.10 Å². The Morgan fingerprint density at radius 2 is 1.82 bits per heavy atom. The average molecular weight is 396 g/mol. The van der Waals surface area contributed by atoms with Crippen LogP contribution in [0.1, 0.15) is 30.4 Å². The van der Waals surface area contributed by atoms with Crippen molar-refractivity contribution >= 4 is 29.3 Å². The van der Waals surface area contributed by atoms with Gasteiger partial charge in [0.2, 0.25) is 11.8 Å². The number of nitrogens with zero attached hydrogens (tertiary/aromatic N) is 2. The Morgan fingerprint density at radius 1 is 1.07 bits per heavy atom. The summed E-state index contributed by atoms with van der Waals surface area (Å²) in [4.78, 5) is 25.5. The number of rotatable bonds is 8. The summed E-state index contributed by atoms with van der Waals surface area (Å²) in [5, 5.41) is 8.78. The van der Waals surface area contributed by atoms with Gasteiger partial charge in [-0.15, -0.1) is 11.8 Å². The molecule has 2 aromatic carbocycles. The number of carbonyl (C=O) groups excluding carboxylic acids is 2. The highest BCUT2D eigenvalue weighted by Crippen LogP contribution is 2.17. The lowest BCUT2D eigenvalue weighted by Gasteiger charge is -2.11. The predicted molar refractivity (Wildman–Crippen MR) is 113 cm³/mol. The van der Waals surface area contributed by atoms with Crippen molar-refractivity contribution in [1.29, 1.82) is 0 Å². The van der Waals surface area contributed by atoms with Gasteiger partial charge in [0.15, 0.2) is 0 Å². The van der Waals surface area contributed by atoms with E-state index >= 15 is 0 Å². The van der Waals surface area contributed by atoms with Crippen molar-refractivity contribution in [2.45, 2.75) is 31.1 Å². The second-order valence-corrected chi connectivity index (χ2v) is 7.86. The van der Waals surface area contributed by atoms with Crippen LogP contribution in [0.15, 0.2) is 64.6 Å². The van der Waals surface area contributed by atoms with E-state index in [1.165, 1.54) is 15.5 Å². The van der Waals surface area contributed by atoms with Crippen molar-refractivity contribution in [1.82, 2.24) is 10.3 Å². The number of aryl methyl sites for hydroxylation is 1. The van der Waals surface area contributed by atoms with E-state index in [1.807, 2.05) is 30.3 Å². The first kappa shape index (κ1) is 20.1. The van der Waals surface area contributed by atoms with Crippen LogP contribution in [0.3, 0.4) is 0 Å². The van der Waals surface area contributed by atoms with Crippen molar-refractivity contribution in [3.05, 3.63) is 65.7 Å². The molecule has 0 saturated heterocycles. The first-order valence-electron chi connectivity index (χ1n) is 9.51. The molecule has 0 aromatic heterocycles. The van der Waals surface area contributed by atoms with Crippen molar-refractivity contribution < 1.29 is 9.59 Å². The molecule has 1 aliphatic rings. The second-order valence-electron chi connectivity index (χ2n) is 6.69. The molecule has 0 fully saturated rings. The largest absolute Gasteiger partial charge is 0.355 e. The van der Waals surface area contributed by atoms with Crippen molar-refractivity contribution in [3.8, 4) is 0 Å². The Morgan fingerprint density at radius 3 is 2.57 bits per heavy atom. The zero-order chi connectivity index (χ0) is 19.8. The zero-order valence-corrected chi connectivity index (χ0v) is 16.9. The summed E-state index contributed by atoms with van der Waals surface area (Å²) in [7, 11) is 0. The van der Waals surface area contributed by atoms with E-state index in [0.29, 0.717) is 13.1 Å². The van der Waals surface area contributed by atoms with Crippen LogP contribution in [0, 0.1) is 6.92 Å². The Balaban J connectivity index is 1.34. The normalized spacial score (nSPS) is 13.3. The quantitative estimate of drug-likeness (QED) is 0.549. The fourth-order valence-corrected chi connectivity index (χ4v) is 3.67. The van der Waals surface area contributed by atoms with Crippen LogP contribution in [-0.2, 0) is 9.59 Å². The van der Waals surface area contributed by atoms with Gasteiger partial charge >= 0.3 is 0 Å². The standard InChI is InChI=1S/C22H25N3O2S/c1-17-7-9-19(10-8-17)28-16-14-23-21(26)11-12-22(27)25-15-13-20(24-25)18-5-3-2-4-6-18/h2-10H,11-16H2,1H3,(H,23,26). The molecule has 1 heterocycles. The lowest BCUT2D eigenvalue weighted by atomic mass is 10.1. The second kappa shape index (κ2) is 10.1. The summed E-state index contributed by atoms with van der Waals surface area (Å²) in [6, 6.07) is 18.2. The van der Waals surface area contributed by atoms with Crippen LogP contribution < -0.4 is 5.32 Å². The van der Waals surface area contributed by atoms with E-state index in [-0.39, 0.29) is 24.7 Å². The predicted octanol–water partition coefficient (Wildman–Crippen LogP) is 3.62. The summed E-state index contributed by atoms with van der Waals surface area (Å²) in [5.74, 6) is 0.610. The lowest BCUT2D eigenvalue weighted by Crippen LogP contribution is -2.29. The molecular formula is C22H25N3O2S. The van der Waals surface area contributed by atoms with E-state index in [2.05, 4.69) is 41.6 Å². The third kappa shape index (κ3) is 5.96. The maximum Gasteiger partial charge on any atom is 0.243 e. The molecular weight excluding hydrogens is 370 g/mol. The van der Waals surface area contributed by atoms with Gasteiger partial charge < -0.3 is 5.32 Å². The fraction of sp³-hybridized carbons (Fsp3) is 0.318. The Labute approximate surface area is 170 Å². The molecule has 1 N–H and O–H groups in total. The number of nitrogens with one attached hydrogen (secondary N) is 1. The third-order valence-electron chi connectivity index (χ3n) is 4.48. The third-order valence-corrected chi connectivity index (χ3v) is 5.49. The van der Waals surface area contributed by atoms with Crippen LogP contribution in [0.5, 0.6) is 0 Å². The number of hydrogen-bond donors (Lipinski definition) is 1. The molecule has 2 amide bonds. The topological polar surface area (TPSA) is 61.8 Å². The van der Waals surface area contributed by atoms with E-state index in [4.69, 9.17) is 0 Å². The molecule has 3 rings (SSSR count). The maximum atomic E-state index is 12.3. The minimum absolute atomic E-state index is 0.0932. The molecule has 0 spiro atoms. The highest BCUT2D eigenvalue weighted by Gasteiger charge is 2.21. The van der Waals surface area contributed by atoms with Crippen molar-refractivity contribution in [2.24, 2.45) is 5.10 Å². The number of thioether (sulfide) groups is 1. The summed E-state index contributed by atoms with van der Waals surface area (Å²) >= 11 is 1.71. The molecule has 146 valence electrons. The molecule has 0 atom stereocenters. The van der Waals surface area contributed by atoms with E-state index in [9.17, 15) is 9.59 Å². The monoisotopic (exact) mass is 395 g/mol. The summed E-state index contributed by atoms with van der Waals surface area (Å²) in [5.41, 5.74) is 3.20. The molecule has 0 aliphatic carbocycles. The van der Waals surface area contributed by atoms with Crippen LogP contribution in [0.4, 0.5) is 0 Å². The number of benzene rings is 2. The number of amides is 2.